The van der Waals surface area contributed by atoms with Gasteiger partial charge in [-0.1, -0.05) is 0 Å². The lowest BCUT2D eigenvalue weighted by atomic mass is 10.1. The number of likely N-dealkylation sites (N-methyl/N-ethyl adjacent to an activating group) is 1. The molecule has 4 rings (SSSR count). The molecule has 6 heteroatoms. The van der Waals surface area contributed by atoms with E-state index in [4.69, 9.17) is 14.7 Å². The second-order valence-electron chi connectivity index (χ2n) is 8.19. The van der Waals surface area contributed by atoms with E-state index >= 15 is 0 Å². The molecule has 0 spiro atoms. The topological polar surface area (TPSA) is 44.7 Å². The minimum absolute atomic E-state index is 0.713. The molecule has 1 aromatic rings. The molecule has 6 nitrogen and oxygen atoms in total. The van der Waals surface area contributed by atoms with Crippen LogP contribution in [0.15, 0.2) is 0 Å². The van der Waals surface area contributed by atoms with Crippen molar-refractivity contribution in [2.75, 3.05) is 71.0 Å². The van der Waals surface area contributed by atoms with Gasteiger partial charge in [-0.25, -0.2) is 9.97 Å². The maximum atomic E-state index is 5.57. The second-order valence-corrected chi connectivity index (χ2v) is 8.19. The Morgan fingerprint density at radius 2 is 1.92 bits per heavy atom. The molecule has 0 saturated carbocycles. The van der Waals surface area contributed by atoms with Gasteiger partial charge in [-0.05, 0) is 45.7 Å². The Morgan fingerprint density at radius 1 is 1.04 bits per heavy atom. The molecule has 0 unspecified atom stereocenters. The van der Waals surface area contributed by atoms with Gasteiger partial charge in [-0.3, -0.25) is 0 Å². The number of anilines is 1. The van der Waals surface area contributed by atoms with Gasteiger partial charge in [0.25, 0.3) is 0 Å². The molecule has 0 bridgehead atoms. The number of ether oxygens (including phenoxy) is 1. The molecule has 1 atom stereocenters. The Bertz CT molecular complexity index is 616. The van der Waals surface area contributed by atoms with Gasteiger partial charge >= 0.3 is 0 Å². The van der Waals surface area contributed by atoms with E-state index in [-0.39, 0.29) is 0 Å². The Hall–Kier alpha value is -1.24. The zero-order valence-electron chi connectivity index (χ0n) is 16.4. The Morgan fingerprint density at radius 3 is 2.77 bits per heavy atom. The fourth-order valence-electron chi connectivity index (χ4n) is 4.54. The lowest BCUT2D eigenvalue weighted by molar-refractivity contribution is 0.168. The first-order chi connectivity index (χ1) is 12.7. The lowest BCUT2D eigenvalue weighted by Crippen LogP contribution is -2.32. The predicted molar refractivity (Wildman–Crippen MR) is 104 cm³/mol. The van der Waals surface area contributed by atoms with Crippen LogP contribution in [-0.2, 0) is 17.6 Å². The molecular formula is C20H33N5O. The molecule has 144 valence electrons. The van der Waals surface area contributed by atoms with Crippen molar-refractivity contribution in [3.8, 4) is 0 Å². The zero-order valence-corrected chi connectivity index (χ0v) is 16.4. The molecule has 4 heterocycles. The summed E-state index contributed by atoms with van der Waals surface area (Å²) in [6, 6.07) is 0. The Labute approximate surface area is 157 Å². The van der Waals surface area contributed by atoms with E-state index in [1.165, 1.54) is 43.0 Å². The standard InChI is InChI=1S/C20H33N5O/c1-16-21-19-5-10-24(14-17-6-13-26-15-17)9-4-18(19)20(22-16)25-8-3-7-23(2)11-12-25/h17H,3-15H2,1-2H3/t17-/m0/s1. The number of rotatable bonds is 3. The van der Waals surface area contributed by atoms with Crippen LogP contribution in [0.5, 0.6) is 0 Å². The van der Waals surface area contributed by atoms with Gasteiger partial charge in [-0.15, -0.1) is 0 Å². The summed E-state index contributed by atoms with van der Waals surface area (Å²) in [5, 5.41) is 0. The van der Waals surface area contributed by atoms with Crippen molar-refractivity contribution in [3.63, 3.8) is 0 Å². The Kier molecular flexibility index (Phi) is 5.72. The number of fused-ring (bicyclic) bond motifs is 1. The van der Waals surface area contributed by atoms with Crippen LogP contribution in [0.25, 0.3) is 0 Å². The number of hydrogen-bond acceptors (Lipinski definition) is 6. The zero-order chi connectivity index (χ0) is 17.9. The average Bonchev–Trinajstić information content (AvgIpc) is 2.93. The predicted octanol–water partition coefficient (Wildman–Crippen LogP) is 1.36. The van der Waals surface area contributed by atoms with Crippen LogP contribution in [-0.4, -0.2) is 85.8 Å². The van der Waals surface area contributed by atoms with Crippen molar-refractivity contribution in [1.82, 2.24) is 19.8 Å². The lowest BCUT2D eigenvalue weighted by Gasteiger charge is -2.25. The molecule has 2 fully saturated rings. The molecule has 26 heavy (non-hydrogen) atoms. The molecule has 3 aliphatic rings. The first-order valence-corrected chi connectivity index (χ1v) is 10.3. The van der Waals surface area contributed by atoms with Crippen molar-refractivity contribution in [2.24, 2.45) is 5.92 Å². The Balaban J connectivity index is 1.51. The van der Waals surface area contributed by atoms with Gasteiger partial charge in [0.2, 0.25) is 0 Å². The van der Waals surface area contributed by atoms with Crippen LogP contribution >= 0.6 is 0 Å². The van der Waals surface area contributed by atoms with Crippen molar-refractivity contribution >= 4 is 5.82 Å². The van der Waals surface area contributed by atoms with E-state index in [2.05, 4.69) is 21.7 Å². The van der Waals surface area contributed by atoms with Crippen LogP contribution in [0, 0.1) is 12.8 Å². The van der Waals surface area contributed by atoms with Crippen LogP contribution in [0.4, 0.5) is 5.82 Å². The molecule has 0 radical (unpaired) electrons. The molecule has 3 aliphatic heterocycles. The summed E-state index contributed by atoms with van der Waals surface area (Å²) in [6.07, 6.45) is 4.55. The quantitative estimate of drug-likeness (QED) is 0.812. The molecule has 2 saturated heterocycles. The molecular weight excluding hydrogens is 326 g/mol. The van der Waals surface area contributed by atoms with Crippen molar-refractivity contribution in [1.29, 1.82) is 0 Å². The smallest absolute Gasteiger partial charge is 0.135 e. The van der Waals surface area contributed by atoms with Gasteiger partial charge in [0.1, 0.15) is 11.6 Å². The maximum Gasteiger partial charge on any atom is 0.135 e. The van der Waals surface area contributed by atoms with E-state index < -0.39 is 0 Å². The van der Waals surface area contributed by atoms with E-state index in [9.17, 15) is 0 Å². The van der Waals surface area contributed by atoms with Crippen molar-refractivity contribution in [3.05, 3.63) is 17.1 Å². The molecule has 0 aliphatic carbocycles. The summed E-state index contributed by atoms with van der Waals surface area (Å²) < 4.78 is 5.57. The molecule has 0 aromatic carbocycles. The number of aryl methyl sites for hydroxylation is 1. The number of hydrogen-bond donors (Lipinski definition) is 0. The maximum absolute atomic E-state index is 5.57. The summed E-state index contributed by atoms with van der Waals surface area (Å²) in [5.41, 5.74) is 2.69. The number of nitrogens with zero attached hydrogens (tertiary/aromatic N) is 5. The first kappa shape index (κ1) is 18.1. The van der Waals surface area contributed by atoms with Gasteiger partial charge in [0.05, 0.1) is 12.3 Å². The summed E-state index contributed by atoms with van der Waals surface area (Å²) in [5.74, 6) is 2.85. The van der Waals surface area contributed by atoms with E-state index in [0.717, 1.165) is 64.6 Å². The second kappa shape index (κ2) is 8.19. The van der Waals surface area contributed by atoms with Crippen molar-refractivity contribution in [2.45, 2.75) is 32.6 Å². The normalized spacial score (nSPS) is 25.8. The largest absolute Gasteiger partial charge is 0.381 e. The van der Waals surface area contributed by atoms with Gasteiger partial charge in [0, 0.05) is 57.9 Å². The van der Waals surface area contributed by atoms with E-state index in [0.29, 0.717) is 5.92 Å². The molecule has 1 aromatic heterocycles. The third kappa shape index (κ3) is 4.18. The van der Waals surface area contributed by atoms with Gasteiger partial charge in [-0.2, -0.15) is 0 Å². The van der Waals surface area contributed by atoms with Gasteiger partial charge in [0.15, 0.2) is 0 Å². The third-order valence-corrected chi connectivity index (χ3v) is 6.09. The number of aromatic nitrogens is 2. The fourth-order valence-corrected chi connectivity index (χ4v) is 4.54. The van der Waals surface area contributed by atoms with Crippen molar-refractivity contribution < 1.29 is 4.74 Å². The van der Waals surface area contributed by atoms with E-state index in [1.54, 1.807) is 0 Å². The van der Waals surface area contributed by atoms with Crippen LogP contribution in [0.1, 0.15) is 29.9 Å². The molecule has 0 N–H and O–H groups in total. The monoisotopic (exact) mass is 359 g/mol. The first-order valence-electron chi connectivity index (χ1n) is 10.3. The van der Waals surface area contributed by atoms with Crippen LogP contribution in [0.2, 0.25) is 0 Å². The highest BCUT2D eigenvalue weighted by Crippen LogP contribution is 2.26. The third-order valence-electron chi connectivity index (χ3n) is 6.09. The van der Waals surface area contributed by atoms with Crippen LogP contribution in [0.3, 0.4) is 0 Å². The minimum Gasteiger partial charge on any atom is -0.381 e. The summed E-state index contributed by atoms with van der Waals surface area (Å²) in [6.45, 7) is 11.8. The SMILES string of the molecule is Cc1nc2c(c(N3CCCN(C)CC3)n1)CCN(C[C@@H]1CCOC1)CC2. The summed E-state index contributed by atoms with van der Waals surface area (Å²) in [4.78, 5) is 17.3. The molecule has 0 amide bonds. The van der Waals surface area contributed by atoms with Crippen LogP contribution < -0.4 is 4.90 Å². The minimum atomic E-state index is 0.713. The average molecular weight is 360 g/mol. The van der Waals surface area contributed by atoms with E-state index in [1.807, 2.05) is 6.92 Å². The fraction of sp³-hybridized carbons (Fsp3) is 0.800. The highest BCUT2D eigenvalue weighted by molar-refractivity contribution is 5.50. The summed E-state index contributed by atoms with van der Waals surface area (Å²) in [7, 11) is 2.22. The highest BCUT2D eigenvalue weighted by atomic mass is 16.5. The summed E-state index contributed by atoms with van der Waals surface area (Å²) >= 11 is 0. The van der Waals surface area contributed by atoms with Gasteiger partial charge < -0.3 is 19.4 Å². The highest BCUT2D eigenvalue weighted by Gasteiger charge is 2.25.